The van der Waals surface area contributed by atoms with Crippen LogP contribution in [-0.4, -0.2) is 24.5 Å². The molecule has 2 aromatic rings. The number of benzene rings is 2. The van der Waals surface area contributed by atoms with Crippen LogP contribution in [0, 0.1) is 5.82 Å². The molecule has 0 fully saturated rings. The lowest BCUT2D eigenvalue weighted by Crippen LogP contribution is -2.23. The summed E-state index contributed by atoms with van der Waals surface area (Å²) in [5, 5.41) is 7.30. The molecule has 0 aliphatic rings. The number of hydrazone groups is 1. The van der Waals surface area contributed by atoms with Crippen LogP contribution in [0.3, 0.4) is 0 Å². The quantitative estimate of drug-likeness (QED) is 0.444. The molecule has 0 saturated heterocycles. The number of hydrogen-bond acceptors (Lipinski definition) is 4. The third kappa shape index (κ3) is 6.04. The first kappa shape index (κ1) is 18.7. The molecule has 2 N–H and O–H groups in total. The van der Waals surface area contributed by atoms with Crippen molar-refractivity contribution in [3.05, 3.63) is 53.8 Å². The van der Waals surface area contributed by atoms with Gasteiger partial charge in [0, 0.05) is 5.69 Å². The lowest BCUT2D eigenvalue weighted by Gasteiger charge is -2.11. The maximum absolute atomic E-state index is 12.9. The SMILES string of the molecule is CCOc1ccc(C=NNC(=S)Nc2ccc(F)cc2)cc1OCC. The molecule has 0 bridgehead atoms. The number of rotatable bonds is 7. The molecule has 0 spiro atoms. The van der Waals surface area contributed by atoms with Crippen LogP contribution >= 0.6 is 12.2 Å². The van der Waals surface area contributed by atoms with E-state index in [2.05, 4.69) is 15.8 Å². The van der Waals surface area contributed by atoms with Crippen molar-refractivity contribution >= 4 is 29.2 Å². The number of halogens is 1. The molecule has 0 unspecified atom stereocenters. The fourth-order valence-electron chi connectivity index (χ4n) is 2.01. The minimum Gasteiger partial charge on any atom is -0.490 e. The summed E-state index contributed by atoms with van der Waals surface area (Å²) in [5.74, 6) is 1.06. The Morgan fingerprint density at radius 2 is 1.76 bits per heavy atom. The predicted molar refractivity (Wildman–Crippen MR) is 102 cm³/mol. The monoisotopic (exact) mass is 361 g/mol. The molecule has 0 saturated carbocycles. The van der Waals surface area contributed by atoms with Gasteiger partial charge in [-0.1, -0.05) is 0 Å². The van der Waals surface area contributed by atoms with E-state index in [9.17, 15) is 4.39 Å². The average Bonchev–Trinajstić information content (AvgIpc) is 2.59. The van der Waals surface area contributed by atoms with Crippen molar-refractivity contribution in [3.63, 3.8) is 0 Å². The second-order valence-electron chi connectivity index (χ2n) is 4.90. The highest BCUT2D eigenvalue weighted by atomic mass is 32.1. The van der Waals surface area contributed by atoms with E-state index in [1.165, 1.54) is 12.1 Å². The molecule has 0 aliphatic carbocycles. The van der Waals surface area contributed by atoms with Crippen LogP contribution < -0.4 is 20.2 Å². The smallest absolute Gasteiger partial charge is 0.191 e. The summed E-state index contributed by atoms with van der Waals surface area (Å²) >= 11 is 5.13. The second kappa shape index (κ2) is 9.58. The predicted octanol–water partition coefficient (Wildman–Crippen LogP) is 3.94. The molecular formula is C18H20FN3O2S. The van der Waals surface area contributed by atoms with Gasteiger partial charge in [0.05, 0.1) is 19.4 Å². The molecule has 25 heavy (non-hydrogen) atoms. The van der Waals surface area contributed by atoms with Gasteiger partial charge in [0.15, 0.2) is 16.6 Å². The van der Waals surface area contributed by atoms with Crippen molar-refractivity contribution in [2.75, 3.05) is 18.5 Å². The summed E-state index contributed by atoms with van der Waals surface area (Å²) < 4.78 is 23.9. The first-order valence-corrected chi connectivity index (χ1v) is 8.28. The molecule has 0 aromatic heterocycles. The van der Waals surface area contributed by atoms with Gasteiger partial charge in [0.1, 0.15) is 5.82 Å². The number of anilines is 1. The summed E-state index contributed by atoms with van der Waals surface area (Å²) in [7, 11) is 0. The van der Waals surface area contributed by atoms with Crippen molar-refractivity contribution in [2.24, 2.45) is 5.10 Å². The van der Waals surface area contributed by atoms with Gasteiger partial charge in [-0.3, -0.25) is 5.43 Å². The molecule has 7 heteroatoms. The molecule has 0 radical (unpaired) electrons. The number of nitrogens with one attached hydrogen (secondary N) is 2. The van der Waals surface area contributed by atoms with E-state index >= 15 is 0 Å². The summed E-state index contributed by atoms with van der Waals surface area (Å²) in [6.45, 7) is 4.95. The van der Waals surface area contributed by atoms with Gasteiger partial charge >= 0.3 is 0 Å². The van der Waals surface area contributed by atoms with Gasteiger partial charge in [0.2, 0.25) is 0 Å². The minimum absolute atomic E-state index is 0.303. The molecule has 0 heterocycles. The third-order valence-electron chi connectivity index (χ3n) is 3.05. The molecule has 0 atom stereocenters. The minimum atomic E-state index is -0.303. The number of ether oxygens (including phenoxy) is 2. The Bertz CT molecular complexity index is 736. The normalized spacial score (nSPS) is 10.5. The first-order chi connectivity index (χ1) is 12.1. The highest BCUT2D eigenvalue weighted by Crippen LogP contribution is 2.27. The van der Waals surface area contributed by atoms with Crippen LogP contribution in [0.1, 0.15) is 19.4 Å². The van der Waals surface area contributed by atoms with Crippen LogP contribution in [0.4, 0.5) is 10.1 Å². The Balaban J connectivity index is 1.95. The highest BCUT2D eigenvalue weighted by molar-refractivity contribution is 7.80. The van der Waals surface area contributed by atoms with Crippen LogP contribution in [0.2, 0.25) is 0 Å². The number of nitrogens with zero attached hydrogens (tertiary/aromatic N) is 1. The van der Waals surface area contributed by atoms with E-state index in [-0.39, 0.29) is 5.82 Å². The molecule has 2 aromatic carbocycles. The Hall–Kier alpha value is -2.67. The Labute approximate surface area is 151 Å². The van der Waals surface area contributed by atoms with Gasteiger partial charge in [-0.2, -0.15) is 5.10 Å². The molecule has 0 aliphatic heterocycles. The van der Waals surface area contributed by atoms with Crippen molar-refractivity contribution in [1.82, 2.24) is 5.43 Å². The summed E-state index contributed by atoms with van der Waals surface area (Å²) in [6, 6.07) is 11.4. The van der Waals surface area contributed by atoms with E-state index in [1.54, 1.807) is 18.3 Å². The summed E-state index contributed by atoms with van der Waals surface area (Å²) in [6.07, 6.45) is 1.62. The van der Waals surface area contributed by atoms with E-state index in [4.69, 9.17) is 21.7 Å². The zero-order valence-electron chi connectivity index (χ0n) is 14.1. The van der Waals surface area contributed by atoms with Crippen molar-refractivity contribution in [3.8, 4) is 11.5 Å². The van der Waals surface area contributed by atoms with Crippen molar-refractivity contribution in [1.29, 1.82) is 0 Å². The first-order valence-electron chi connectivity index (χ1n) is 7.87. The molecule has 0 amide bonds. The fourth-order valence-corrected chi connectivity index (χ4v) is 2.18. The molecular weight excluding hydrogens is 341 g/mol. The van der Waals surface area contributed by atoms with Crippen molar-refractivity contribution < 1.29 is 13.9 Å². The lowest BCUT2D eigenvalue weighted by atomic mass is 10.2. The zero-order valence-corrected chi connectivity index (χ0v) is 14.9. The molecule has 2 rings (SSSR count). The van der Waals surface area contributed by atoms with Crippen LogP contribution in [0.15, 0.2) is 47.6 Å². The zero-order chi connectivity index (χ0) is 18.1. The molecule has 5 nitrogen and oxygen atoms in total. The lowest BCUT2D eigenvalue weighted by molar-refractivity contribution is 0.288. The van der Waals surface area contributed by atoms with Gasteiger partial charge in [-0.15, -0.1) is 0 Å². The van der Waals surface area contributed by atoms with Gasteiger partial charge < -0.3 is 14.8 Å². The fraction of sp³-hybridized carbons (Fsp3) is 0.222. The van der Waals surface area contributed by atoms with E-state index in [0.29, 0.717) is 35.5 Å². The van der Waals surface area contributed by atoms with Crippen LogP contribution in [0.5, 0.6) is 11.5 Å². The van der Waals surface area contributed by atoms with E-state index in [1.807, 2.05) is 32.0 Å². The third-order valence-corrected chi connectivity index (χ3v) is 3.24. The maximum atomic E-state index is 12.9. The van der Waals surface area contributed by atoms with Crippen LogP contribution in [-0.2, 0) is 0 Å². The highest BCUT2D eigenvalue weighted by Gasteiger charge is 2.05. The average molecular weight is 361 g/mol. The topological polar surface area (TPSA) is 54.9 Å². The van der Waals surface area contributed by atoms with Gasteiger partial charge in [-0.25, -0.2) is 4.39 Å². The van der Waals surface area contributed by atoms with Gasteiger partial charge in [-0.05, 0) is 74.1 Å². The van der Waals surface area contributed by atoms with E-state index < -0.39 is 0 Å². The Morgan fingerprint density at radius 3 is 2.44 bits per heavy atom. The summed E-state index contributed by atoms with van der Waals surface area (Å²) in [4.78, 5) is 0. The Morgan fingerprint density at radius 1 is 1.08 bits per heavy atom. The van der Waals surface area contributed by atoms with E-state index in [0.717, 1.165) is 5.56 Å². The number of hydrogen-bond donors (Lipinski definition) is 2. The number of thiocarbonyl (C=S) groups is 1. The standard InChI is InChI=1S/C18H20FN3O2S/c1-3-23-16-10-5-13(11-17(16)24-4-2)12-20-22-18(25)21-15-8-6-14(19)7-9-15/h5-12H,3-4H2,1-2H3,(H2,21,22,25). The summed E-state index contributed by atoms with van der Waals surface area (Å²) in [5.41, 5.74) is 4.22. The van der Waals surface area contributed by atoms with Gasteiger partial charge in [0.25, 0.3) is 0 Å². The molecule has 132 valence electrons. The largest absolute Gasteiger partial charge is 0.490 e. The Kier molecular flexibility index (Phi) is 7.16. The van der Waals surface area contributed by atoms with Crippen LogP contribution in [0.25, 0.3) is 0 Å². The maximum Gasteiger partial charge on any atom is 0.191 e. The second-order valence-corrected chi connectivity index (χ2v) is 5.31. The van der Waals surface area contributed by atoms with Crippen molar-refractivity contribution in [2.45, 2.75) is 13.8 Å².